The molecule has 7 rings (SSSR count). The second-order valence-corrected chi connectivity index (χ2v) is 14.0. The van der Waals surface area contributed by atoms with Gasteiger partial charge in [-0.15, -0.1) is 0 Å². The average Bonchev–Trinajstić information content (AvgIpc) is 3.37. The number of ether oxygens (including phenoxy) is 2. The summed E-state index contributed by atoms with van der Waals surface area (Å²) in [7, 11) is 0. The van der Waals surface area contributed by atoms with E-state index in [-0.39, 0.29) is 60.3 Å². The SMILES string of the molecule is CC1=CC(=O)[C@@H]2[C@@H](C1)[C@]1(C)C=C3N4C[C@@H]5OC4(CC[C@@]3(C)[C@]3(COC(=O)C3)[C@H]1C(=O)[C@@H]2C)C[C@@H](C)[C@H]5O. The molecule has 4 saturated heterocycles. The Hall–Kier alpha value is -1.99. The van der Waals surface area contributed by atoms with Gasteiger partial charge in [0.25, 0.3) is 0 Å². The minimum atomic E-state index is -0.667. The van der Waals surface area contributed by atoms with E-state index in [0.717, 1.165) is 37.0 Å². The van der Waals surface area contributed by atoms with E-state index in [1.54, 1.807) is 6.08 Å². The number of hydrogen-bond donors (Lipinski definition) is 1. The predicted molar refractivity (Wildman–Crippen MR) is 134 cm³/mol. The average molecular weight is 510 g/mol. The molecule has 7 aliphatic rings. The highest BCUT2D eigenvalue weighted by Crippen LogP contribution is 2.73. The van der Waals surface area contributed by atoms with Crippen molar-refractivity contribution in [3.8, 4) is 0 Å². The summed E-state index contributed by atoms with van der Waals surface area (Å²) in [5.74, 6) is -1.06. The summed E-state index contributed by atoms with van der Waals surface area (Å²) >= 11 is 0. The zero-order valence-electron chi connectivity index (χ0n) is 22.6. The lowest BCUT2D eigenvalue weighted by Crippen LogP contribution is -2.69. The third-order valence-corrected chi connectivity index (χ3v) is 12.1. The Morgan fingerprint density at radius 1 is 1.14 bits per heavy atom. The molecule has 0 aromatic rings. The first-order valence-corrected chi connectivity index (χ1v) is 14.1. The van der Waals surface area contributed by atoms with Gasteiger partial charge in [-0.3, -0.25) is 14.4 Å². The van der Waals surface area contributed by atoms with Gasteiger partial charge >= 0.3 is 5.97 Å². The van der Waals surface area contributed by atoms with Gasteiger partial charge in [0.05, 0.1) is 19.1 Å². The Bertz CT molecular complexity index is 1190. The largest absolute Gasteiger partial charge is 0.465 e. The molecule has 0 aromatic carbocycles. The summed E-state index contributed by atoms with van der Waals surface area (Å²) in [4.78, 5) is 43.0. The number of aliphatic hydroxyl groups excluding tert-OH is 1. The van der Waals surface area contributed by atoms with Crippen molar-refractivity contribution < 1.29 is 29.0 Å². The van der Waals surface area contributed by atoms with Crippen LogP contribution in [0.3, 0.4) is 0 Å². The molecule has 7 heteroatoms. The van der Waals surface area contributed by atoms with Gasteiger partial charge < -0.3 is 19.5 Å². The maximum atomic E-state index is 14.4. The smallest absolute Gasteiger partial charge is 0.306 e. The molecule has 11 atom stereocenters. The summed E-state index contributed by atoms with van der Waals surface area (Å²) in [6.45, 7) is 11.3. The lowest BCUT2D eigenvalue weighted by Gasteiger charge is -2.67. The van der Waals surface area contributed by atoms with E-state index in [0.29, 0.717) is 6.54 Å². The lowest BCUT2D eigenvalue weighted by molar-refractivity contribution is -0.216. The molecule has 4 aliphatic heterocycles. The van der Waals surface area contributed by atoms with Gasteiger partial charge in [-0.25, -0.2) is 0 Å². The van der Waals surface area contributed by atoms with Gasteiger partial charge in [0.15, 0.2) is 5.78 Å². The number of carbonyl (C=O) groups is 3. The molecule has 0 aromatic heterocycles. The van der Waals surface area contributed by atoms with E-state index in [9.17, 15) is 19.5 Å². The fraction of sp³-hybridized carbons (Fsp3) is 0.767. The van der Waals surface area contributed by atoms with Crippen molar-refractivity contribution in [2.75, 3.05) is 13.2 Å². The number of piperidine rings is 1. The van der Waals surface area contributed by atoms with Gasteiger partial charge in [-0.1, -0.05) is 39.3 Å². The van der Waals surface area contributed by atoms with E-state index in [1.807, 2.05) is 13.8 Å². The van der Waals surface area contributed by atoms with Crippen molar-refractivity contribution in [2.45, 2.75) is 84.7 Å². The fourth-order valence-corrected chi connectivity index (χ4v) is 10.3. The van der Waals surface area contributed by atoms with Gasteiger partial charge in [0.1, 0.15) is 17.6 Å². The van der Waals surface area contributed by atoms with Crippen LogP contribution in [0.15, 0.2) is 23.4 Å². The molecular weight excluding hydrogens is 470 g/mol. The van der Waals surface area contributed by atoms with E-state index >= 15 is 0 Å². The van der Waals surface area contributed by atoms with Gasteiger partial charge in [-0.05, 0) is 44.1 Å². The topological polar surface area (TPSA) is 93.1 Å². The fourth-order valence-electron chi connectivity index (χ4n) is 10.3. The first-order valence-electron chi connectivity index (χ1n) is 14.1. The lowest BCUT2D eigenvalue weighted by atomic mass is 9.37. The van der Waals surface area contributed by atoms with Crippen LogP contribution in [-0.4, -0.2) is 58.6 Å². The summed E-state index contributed by atoms with van der Waals surface area (Å²) in [6.07, 6.45) is 6.65. The van der Waals surface area contributed by atoms with Gasteiger partial charge in [-0.2, -0.15) is 0 Å². The monoisotopic (exact) mass is 509 g/mol. The number of allylic oxidation sites excluding steroid dienone is 4. The molecule has 1 N–H and O–H groups in total. The molecule has 1 saturated carbocycles. The normalized spacial score (nSPS) is 54.2. The Balaban J connectivity index is 1.46. The molecule has 200 valence electrons. The molecule has 1 unspecified atom stereocenters. The van der Waals surface area contributed by atoms with Crippen LogP contribution in [-0.2, 0) is 23.9 Å². The second kappa shape index (κ2) is 7.15. The molecule has 0 amide bonds. The molecule has 37 heavy (non-hydrogen) atoms. The molecule has 2 spiro atoms. The van der Waals surface area contributed by atoms with Crippen LogP contribution in [0.4, 0.5) is 0 Å². The molecule has 0 radical (unpaired) electrons. The van der Waals surface area contributed by atoms with Crippen molar-refractivity contribution in [2.24, 2.45) is 45.8 Å². The highest BCUT2D eigenvalue weighted by atomic mass is 16.6. The van der Waals surface area contributed by atoms with Crippen molar-refractivity contribution >= 4 is 17.5 Å². The number of esters is 1. The number of fused-ring (bicyclic) bond motifs is 8. The maximum absolute atomic E-state index is 14.4. The molecule has 2 bridgehead atoms. The zero-order chi connectivity index (χ0) is 26.3. The Kier molecular flexibility index (Phi) is 4.65. The minimum absolute atomic E-state index is 0.0161. The first-order chi connectivity index (χ1) is 17.4. The number of aliphatic hydroxyl groups is 1. The van der Waals surface area contributed by atoms with Crippen molar-refractivity contribution in [3.05, 3.63) is 23.4 Å². The van der Waals surface area contributed by atoms with Crippen molar-refractivity contribution in [3.63, 3.8) is 0 Å². The number of carbonyl (C=O) groups excluding carboxylic acids is 3. The third kappa shape index (κ3) is 2.68. The van der Waals surface area contributed by atoms with Crippen LogP contribution >= 0.6 is 0 Å². The van der Waals surface area contributed by atoms with Crippen LogP contribution in [0.25, 0.3) is 0 Å². The Labute approximate surface area is 218 Å². The molecular formula is C30H39NO6. The standard InChI is InChI=1S/C30H39NO6/c1-15-8-18-23(19(32)9-15)17(3)25(35)26-27(18,4)11-21-28(5,29(26)12-22(33)36-14-29)6-7-30-10-16(2)24(34)20(37-30)13-31(21)30/h9,11,16-18,20,23-24,26,34H,6-8,10,12-14H2,1-5H3/t16-,17-,18-,20+,23+,24-,26+,27+,28-,29-,30?/m1/s1. The summed E-state index contributed by atoms with van der Waals surface area (Å²) in [6, 6.07) is 0. The second-order valence-electron chi connectivity index (χ2n) is 14.0. The quantitative estimate of drug-likeness (QED) is 0.500. The Morgan fingerprint density at radius 3 is 2.59 bits per heavy atom. The van der Waals surface area contributed by atoms with E-state index in [2.05, 4.69) is 31.7 Å². The zero-order valence-corrected chi connectivity index (χ0v) is 22.6. The molecule has 3 aliphatic carbocycles. The van der Waals surface area contributed by atoms with Crippen molar-refractivity contribution in [1.82, 2.24) is 4.90 Å². The molecule has 4 heterocycles. The highest BCUT2D eigenvalue weighted by molar-refractivity contribution is 6.00. The Morgan fingerprint density at radius 2 is 1.89 bits per heavy atom. The van der Waals surface area contributed by atoms with E-state index < -0.39 is 34.0 Å². The minimum Gasteiger partial charge on any atom is -0.465 e. The van der Waals surface area contributed by atoms with Gasteiger partial charge in [0.2, 0.25) is 0 Å². The summed E-state index contributed by atoms with van der Waals surface area (Å²) in [5, 5.41) is 10.9. The predicted octanol–water partition coefficient (Wildman–Crippen LogP) is 3.41. The van der Waals surface area contributed by atoms with Crippen molar-refractivity contribution in [1.29, 1.82) is 0 Å². The summed E-state index contributed by atoms with van der Waals surface area (Å²) < 4.78 is 12.4. The highest BCUT2D eigenvalue weighted by Gasteiger charge is 2.75. The number of hydrogen-bond acceptors (Lipinski definition) is 7. The molecule has 5 fully saturated rings. The first kappa shape index (κ1) is 24.1. The number of ketones is 2. The van der Waals surface area contributed by atoms with Crippen LogP contribution in [0.5, 0.6) is 0 Å². The van der Waals surface area contributed by atoms with Crippen LogP contribution in [0.2, 0.25) is 0 Å². The number of nitrogens with zero attached hydrogens (tertiary/aromatic N) is 1. The maximum Gasteiger partial charge on any atom is 0.306 e. The van der Waals surface area contributed by atoms with Crippen LogP contribution < -0.4 is 0 Å². The van der Waals surface area contributed by atoms with Gasteiger partial charge in [0, 0.05) is 52.7 Å². The van der Waals surface area contributed by atoms with Crippen LogP contribution in [0.1, 0.15) is 66.7 Å². The molecule has 7 nitrogen and oxygen atoms in total. The third-order valence-electron chi connectivity index (χ3n) is 12.1. The summed E-state index contributed by atoms with van der Waals surface area (Å²) in [5.41, 5.74) is 0.0217. The van der Waals surface area contributed by atoms with E-state index in [4.69, 9.17) is 9.47 Å². The number of Topliss-reactive ketones (excluding diaryl/α,β-unsaturated/α-hetero) is 1. The van der Waals surface area contributed by atoms with E-state index in [1.165, 1.54) is 0 Å². The van der Waals surface area contributed by atoms with Crippen LogP contribution in [0, 0.1) is 45.8 Å². The number of cyclic esters (lactones) is 1. The number of rotatable bonds is 0.